The van der Waals surface area contributed by atoms with Crippen LogP contribution in [0.4, 0.5) is 0 Å². The van der Waals surface area contributed by atoms with E-state index in [1.54, 1.807) is 0 Å². The second-order valence-corrected chi connectivity index (χ2v) is 5.61. The molecule has 0 radical (unpaired) electrons. The molecule has 1 aliphatic carbocycles. The Hall–Kier alpha value is -1.32. The van der Waals surface area contributed by atoms with Crippen molar-refractivity contribution < 1.29 is 4.79 Å². The number of rotatable bonds is 2. The van der Waals surface area contributed by atoms with Gasteiger partial charge in [0.15, 0.2) is 0 Å². The fraction of sp³-hybridized carbons (Fsp3) is 0.714. The van der Waals surface area contributed by atoms with Crippen molar-refractivity contribution in [1.29, 1.82) is 0 Å². The first-order chi connectivity index (χ1) is 8.83. The average Bonchev–Trinajstić information content (AvgIpc) is 2.87. The van der Waals surface area contributed by atoms with Crippen molar-refractivity contribution in [3.63, 3.8) is 0 Å². The molecule has 0 bridgehead atoms. The first-order valence-electron chi connectivity index (χ1n) is 7.12. The fourth-order valence-corrected chi connectivity index (χ4v) is 3.18. The lowest BCUT2D eigenvalue weighted by Crippen LogP contribution is -2.43. The number of hydrogen-bond acceptors (Lipinski definition) is 2. The van der Waals surface area contributed by atoms with Crippen LogP contribution >= 0.6 is 0 Å². The van der Waals surface area contributed by atoms with Crippen LogP contribution in [0.25, 0.3) is 0 Å². The third-order valence-corrected chi connectivity index (χ3v) is 4.29. The minimum Gasteiger partial charge on any atom is -0.353 e. The molecule has 1 atom stereocenters. The lowest BCUT2D eigenvalue weighted by Gasteiger charge is -2.28. The predicted octanol–water partition coefficient (Wildman–Crippen LogP) is 1.89. The van der Waals surface area contributed by atoms with Crippen molar-refractivity contribution in [3.05, 3.63) is 18.2 Å². The van der Waals surface area contributed by atoms with Gasteiger partial charge < -0.3 is 9.88 Å². The van der Waals surface area contributed by atoms with Gasteiger partial charge in [0.1, 0.15) is 0 Å². The molecule has 98 valence electrons. The third kappa shape index (κ3) is 2.42. The van der Waals surface area contributed by atoms with Gasteiger partial charge in [0.25, 0.3) is 0 Å². The normalized spacial score (nSPS) is 24.6. The molecule has 1 aromatic rings. The summed E-state index contributed by atoms with van der Waals surface area (Å²) in [5.74, 6) is 0.554. The quantitative estimate of drug-likeness (QED) is 0.867. The molecule has 1 aromatic heterocycles. The molecule has 1 amide bonds. The summed E-state index contributed by atoms with van der Waals surface area (Å²) < 4.78 is 2.18. The Morgan fingerprint density at radius 3 is 2.94 bits per heavy atom. The molecule has 1 unspecified atom stereocenters. The molecule has 1 aliphatic heterocycles. The molecular formula is C14H21N3O. The maximum atomic E-state index is 12.2. The molecule has 18 heavy (non-hydrogen) atoms. The van der Waals surface area contributed by atoms with Crippen LogP contribution in [0.2, 0.25) is 0 Å². The summed E-state index contributed by atoms with van der Waals surface area (Å²) in [5.41, 5.74) is 1.25. The number of imidazole rings is 1. The number of nitrogens with zero attached hydrogens (tertiary/aromatic N) is 2. The zero-order chi connectivity index (χ0) is 12.4. The highest BCUT2D eigenvalue weighted by molar-refractivity contribution is 5.79. The van der Waals surface area contributed by atoms with Gasteiger partial charge in [-0.1, -0.05) is 19.3 Å². The van der Waals surface area contributed by atoms with Crippen molar-refractivity contribution in [2.75, 3.05) is 0 Å². The number of aromatic nitrogens is 2. The Labute approximate surface area is 108 Å². The summed E-state index contributed by atoms with van der Waals surface area (Å²) in [6, 6.07) is 0.309. The van der Waals surface area contributed by atoms with E-state index in [0.29, 0.717) is 6.04 Å². The monoisotopic (exact) mass is 247 g/mol. The highest BCUT2D eigenvalue weighted by atomic mass is 16.1. The molecule has 1 fully saturated rings. The number of carbonyl (C=O) groups is 1. The van der Waals surface area contributed by atoms with E-state index in [1.807, 2.05) is 12.5 Å². The summed E-state index contributed by atoms with van der Waals surface area (Å²) in [6.45, 7) is 0.977. The number of amides is 1. The predicted molar refractivity (Wildman–Crippen MR) is 69.1 cm³/mol. The summed E-state index contributed by atoms with van der Waals surface area (Å²) in [5, 5.41) is 3.24. The van der Waals surface area contributed by atoms with Gasteiger partial charge in [0.05, 0.1) is 6.33 Å². The van der Waals surface area contributed by atoms with Crippen LogP contribution in [-0.2, 0) is 17.8 Å². The first kappa shape index (κ1) is 11.8. The van der Waals surface area contributed by atoms with E-state index in [9.17, 15) is 4.79 Å². The molecule has 0 saturated heterocycles. The van der Waals surface area contributed by atoms with Crippen molar-refractivity contribution >= 4 is 5.91 Å². The van der Waals surface area contributed by atoms with Crippen LogP contribution < -0.4 is 5.32 Å². The van der Waals surface area contributed by atoms with E-state index in [2.05, 4.69) is 14.9 Å². The van der Waals surface area contributed by atoms with Gasteiger partial charge in [0, 0.05) is 36.8 Å². The number of nitrogens with one attached hydrogen (secondary N) is 1. The standard InChI is InChI=1S/C14H21N3O/c18-14(11-4-2-1-3-5-11)16-12-6-7-17-10-15-9-13(17)8-12/h9-12H,1-8H2,(H,16,18). The van der Waals surface area contributed by atoms with Gasteiger partial charge in [-0.05, 0) is 19.3 Å². The molecule has 1 N–H and O–H groups in total. The van der Waals surface area contributed by atoms with Crippen molar-refractivity contribution in [2.24, 2.45) is 5.92 Å². The lowest BCUT2D eigenvalue weighted by atomic mass is 9.88. The van der Waals surface area contributed by atoms with Gasteiger partial charge in [-0.25, -0.2) is 4.98 Å². The lowest BCUT2D eigenvalue weighted by molar-refractivity contribution is -0.126. The van der Waals surface area contributed by atoms with Crippen LogP contribution in [-0.4, -0.2) is 21.5 Å². The second kappa shape index (κ2) is 5.12. The highest BCUT2D eigenvalue weighted by Gasteiger charge is 2.25. The molecule has 4 nitrogen and oxygen atoms in total. The largest absolute Gasteiger partial charge is 0.353 e. The summed E-state index contributed by atoms with van der Waals surface area (Å²) in [6.07, 6.45) is 11.7. The van der Waals surface area contributed by atoms with E-state index < -0.39 is 0 Å². The minimum absolute atomic E-state index is 0.269. The van der Waals surface area contributed by atoms with E-state index in [-0.39, 0.29) is 11.8 Å². The van der Waals surface area contributed by atoms with Crippen molar-refractivity contribution in [1.82, 2.24) is 14.9 Å². The molecule has 4 heteroatoms. The summed E-state index contributed by atoms with van der Waals surface area (Å²) >= 11 is 0. The Balaban J connectivity index is 1.56. The van der Waals surface area contributed by atoms with E-state index in [1.165, 1.54) is 25.0 Å². The van der Waals surface area contributed by atoms with Crippen molar-refractivity contribution in [2.45, 2.75) is 57.5 Å². The Morgan fingerprint density at radius 1 is 1.28 bits per heavy atom. The zero-order valence-corrected chi connectivity index (χ0v) is 10.8. The topological polar surface area (TPSA) is 46.9 Å². The minimum atomic E-state index is 0.269. The summed E-state index contributed by atoms with van der Waals surface area (Å²) in [7, 11) is 0. The Bertz CT molecular complexity index is 420. The van der Waals surface area contributed by atoms with Crippen LogP contribution in [0.15, 0.2) is 12.5 Å². The summed E-state index contributed by atoms with van der Waals surface area (Å²) in [4.78, 5) is 16.3. The van der Waals surface area contributed by atoms with Crippen LogP contribution in [0.5, 0.6) is 0 Å². The fourth-order valence-electron chi connectivity index (χ4n) is 3.18. The highest BCUT2D eigenvalue weighted by Crippen LogP contribution is 2.24. The molecule has 0 spiro atoms. The van der Waals surface area contributed by atoms with Crippen LogP contribution in [0, 0.1) is 5.92 Å². The number of fused-ring (bicyclic) bond motifs is 1. The van der Waals surface area contributed by atoms with Crippen LogP contribution in [0.1, 0.15) is 44.2 Å². The van der Waals surface area contributed by atoms with E-state index in [4.69, 9.17) is 0 Å². The van der Waals surface area contributed by atoms with Crippen molar-refractivity contribution in [3.8, 4) is 0 Å². The average molecular weight is 247 g/mol. The van der Waals surface area contributed by atoms with Gasteiger partial charge in [-0.15, -0.1) is 0 Å². The van der Waals surface area contributed by atoms with Gasteiger partial charge in [-0.3, -0.25) is 4.79 Å². The number of carbonyl (C=O) groups excluding carboxylic acids is 1. The molecule has 2 heterocycles. The number of aryl methyl sites for hydroxylation is 1. The van der Waals surface area contributed by atoms with E-state index in [0.717, 1.165) is 32.2 Å². The second-order valence-electron chi connectivity index (χ2n) is 5.61. The molecule has 2 aliphatic rings. The molecule has 0 aromatic carbocycles. The van der Waals surface area contributed by atoms with Crippen LogP contribution in [0.3, 0.4) is 0 Å². The van der Waals surface area contributed by atoms with Gasteiger partial charge >= 0.3 is 0 Å². The number of hydrogen-bond donors (Lipinski definition) is 1. The molecule has 3 rings (SSSR count). The zero-order valence-electron chi connectivity index (χ0n) is 10.8. The SMILES string of the molecule is O=C(NC1CCn2cncc2C1)C1CCCCC1. The van der Waals surface area contributed by atoms with Gasteiger partial charge in [0.2, 0.25) is 5.91 Å². The van der Waals surface area contributed by atoms with E-state index >= 15 is 0 Å². The molecular weight excluding hydrogens is 226 g/mol. The Kier molecular flexibility index (Phi) is 3.35. The third-order valence-electron chi connectivity index (χ3n) is 4.29. The van der Waals surface area contributed by atoms with Gasteiger partial charge in [-0.2, -0.15) is 0 Å². The molecule has 1 saturated carbocycles. The maximum Gasteiger partial charge on any atom is 0.223 e. The Morgan fingerprint density at radius 2 is 2.11 bits per heavy atom. The smallest absolute Gasteiger partial charge is 0.223 e. The maximum absolute atomic E-state index is 12.2. The first-order valence-corrected chi connectivity index (χ1v) is 7.12.